The number of hydrogen-bond donors (Lipinski definition) is 0. The SMILES string of the molecule is CCC#CCOc1ccc(SCC(=O)OCC)cc1. The average Bonchev–Trinajstić information content (AvgIpc) is 2.43. The van der Waals surface area contributed by atoms with Crippen LogP contribution in [0.15, 0.2) is 29.2 Å². The van der Waals surface area contributed by atoms with E-state index in [0.29, 0.717) is 19.0 Å². The Morgan fingerprint density at radius 3 is 2.58 bits per heavy atom. The molecule has 4 heteroatoms. The molecule has 3 nitrogen and oxygen atoms in total. The first-order valence-electron chi connectivity index (χ1n) is 6.23. The molecule has 0 amide bonds. The van der Waals surface area contributed by atoms with Crippen molar-refractivity contribution in [2.24, 2.45) is 0 Å². The quantitative estimate of drug-likeness (QED) is 0.455. The largest absolute Gasteiger partial charge is 0.481 e. The summed E-state index contributed by atoms with van der Waals surface area (Å²) in [6, 6.07) is 7.60. The van der Waals surface area contributed by atoms with E-state index in [0.717, 1.165) is 17.1 Å². The molecule has 0 N–H and O–H groups in total. The van der Waals surface area contributed by atoms with Crippen LogP contribution in [0.3, 0.4) is 0 Å². The second-order valence-corrected chi connectivity index (χ2v) is 4.61. The molecule has 1 aromatic carbocycles. The number of carbonyl (C=O) groups excluding carboxylic acids is 1. The number of ether oxygens (including phenoxy) is 2. The third kappa shape index (κ3) is 6.78. The predicted octanol–water partition coefficient (Wildman–Crippen LogP) is 3.13. The van der Waals surface area contributed by atoms with Crippen LogP contribution in [0.5, 0.6) is 5.75 Å². The highest BCUT2D eigenvalue weighted by Crippen LogP contribution is 2.21. The van der Waals surface area contributed by atoms with Gasteiger partial charge in [-0.25, -0.2) is 0 Å². The number of carbonyl (C=O) groups is 1. The molecule has 0 aliphatic carbocycles. The van der Waals surface area contributed by atoms with Gasteiger partial charge in [-0.15, -0.1) is 17.7 Å². The summed E-state index contributed by atoms with van der Waals surface area (Å²) >= 11 is 1.45. The van der Waals surface area contributed by atoms with Gasteiger partial charge in [0.2, 0.25) is 0 Å². The summed E-state index contributed by atoms with van der Waals surface area (Å²) in [7, 11) is 0. The monoisotopic (exact) mass is 278 g/mol. The first-order chi connectivity index (χ1) is 9.26. The van der Waals surface area contributed by atoms with Crippen LogP contribution in [0, 0.1) is 11.8 Å². The molecule has 0 fully saturated rings. The van der Waals surface area contributed by atoms with Crippen LogP contribution in [-0.4, -0.2) is 24.9 Å². The minimum Gasteiger partial charge on any atom is -0.481 e. The maximum absolute atomic E-state index is 11.2. The molecule has 0 aliphatic heterocycles. The maximum atomic E-state index is 11.2. The zero-order valence-corrected chi connectivity index (χ0v) is 12.1. The number of thioether (sulfide) groups is 1. The normalized spacial score (nSPS) is 9.37. The van der Waals surface area contributed by atoms with Gasteiger partial charge in [-0.2, -0.15) is 0 Å². The van der Waals surface area contributed by atoms with Gasteiger partial charge in [-0.1, -0.05) is 12.8 Å². The maximum Gasteiger partial charge on any atom is 0.316 e. The van der Waals surface area contributed by atoms with E-state index in [1.807, 2.05) is 31.2 Å². The predicted molar refractivity (Wildman–Crippen MR) is 77.4 cm³/mol. The minimum absolute atomic E-state index is 0.192. The average molecular weight is 278 g/mol. The van der Waals surface area contributed by atoms with Gasteiger partial charge in [-0.05, 0) is 31.2 Å². The van der Waals surface area contributed by atoms with E-state index in [2.05, 4.69) is 11.8 Å². The molecular weight excluding hydrogens is 260 g/mol. The number of benzene rings is 1. The lowest BCUT2D eigenvalue weighted by molar-refractivity contribution is -0.139. The van der Waals surface area contributed by atoms with E-state index in [9.17, 15) is 4.79 Å². The molecular formula is C15H18O3S. The Morgan fingerprint density at radius 2 is 1.95 bits per heavy atom. The zero-order chi connectivity index (χ0) is 13.9. The molecule has 0 aromatic heterocycles. The Bertz CT molecular complexity index is 443. The van der Waals surface area contributed by atoms with Gasteiger partial charge in [0.1, 0.15) is 12.4 Å². The summed E-state index contributed by atoms with van der Waals surface area (Å²) < 4.78 is 10.3. The highest BCUT2D eigenvalue weighted by Gasteiger charge is 2.03. The third-order valence-corrected chi connectivity index (χ3v) is 3.08. The summed E-state index contributed by atoms with van der Waals surface area (Å²) in [6.45, 7) is 4.63. The lowest BCUT2D eigenvalue weighted by Crippen LogP contribution is -2.06. The van der Waals surface area contributed by atoms with Crippen LogP contribution >= 0.6 is 11.8 Å². The fraction of sp³-hybridized carbons (Fsp3) is 0.400. The smallest absolute Gasteiger partial charge is 0.316 e. The molecule has 0 unspecified atom stereocenters. The molecule has 0 aliphatic rings. The Kier molecular flexibility index (Phi) is 7.60. The standard InChI is InChI=1S/C15H18O3S/c1-3-5-6-11-18-13-7-9-14(10-8-13)19-12-15(16)17-4-2/h7-10H,3-4,11-12H2,1-2H3. The van der Waals surface area contributed by atoms with Crippen molar-refractivity contribution < 1.29 is 14.3 Å². The third-order valence-electron chi connectivity index (χ3n) is 2.10. The molecule has 0 atom stereocenters. The van der Waals surface area contributed by atoms with Crippen molar-refractivity contribution in [3.8, 4) is 17.6 Å². The summed E-state index contributed by atoms with van der Waals surface area (Å²) in [4.78, 5) is 12.2. The highest BCUT2D eigenvalue weighted by molar-refractivity contribution is 8.00. The molecule has 0 spiro atoms. The summed E-state index contributed by atoms with van der Waals surface area (Å²) in [5.41, 5.74) is 0. The Hall–Kier alpha value is -1.60. The Morgan fingerprint density at radius 1 is 1.21 bits per heavy atom. The second-order valence-electron chi connectivity index (χ2n) is 3.56. The van der Waals surface area contributed by atoms with Gasteiger partial charge in [0.25, 0.3) is 0 Å². The van der Waals surface area contributed by atoms with Crippen LogP contribution in [-0.2, 0) is 9.53 Å². The summed E-state index contributed by atoms with van der Waals surface area (Å²) in [5, 5.41) is 0. The van der Waals surface area contributed by atoms with Crippen molar-refractivity contribution in [3.05, 3.63) is 24.3 Å². The lowest BCUT2D eigenvalue weighted by atomic mass is 10.3. The molecule has 19 heavy (non-hydrogen) atoms. The van der Waals surface area contributed by atoms with Crippen molar-refractivity contribution in [3.63, 3.8) is 0 Å². The number of hydrogen-bond acceptors (Lipinski definition) is 4. The van der Waals surface area contributed by atoms with E-state index >= 15 is 0 Å². The molecule has 1 aromatic rings. The van der Waals surface area contributed by atoms with Crippen molar-refractivity contribution in [2.45, 2.75) is 25.2 Å². The fourth-order valence-corrected chi connectivity index (χ4v) is 1.97. The summed E-state index contributed by atoms with van der Waals surface area (Å²) in [5.74, 6) is 6.78. The van der Waals surface area contributed by atoms with Gasteiger partial charge < -0.3 is 9.47 Å². The van der Waals surface area contributed by atoms with Crippen molar-refractivity contribution in [1.82, 2.24) is 0 Å². The summed E-state index contributed by atoms with van der Waals surface area (Å²) in [6.07, 6.45) is 0.840. The van der Waals surface area contributed by atoms with Crippen molar-refractivity contribution >= 4 is 17.7 Å². The molecule has 0 saturated carbocycles. The lowest BCUT2D eigenvalue weighted by Gasteiger charge is -2.04. The van der Waals surface area contributed by atoms with Crippen LogP contribution in [0.2, 0.25) is 0 Å². The molecule has 0 radical (unpaired) electrons. The van der Waals surface area contributed by atoms with E-state index in [4.69, 9.17) is 9.47 Å². The zero-order valence-electron chi connectivity index (χ0n) is 11.3. The minimum atomic E-state index is -0.192. The van der Waals surface area contributed by atoms with Gasteiger partial charge in [0.15, 0.2) is 0 Å². The molecule has 0 heterocycles. The fourth-order valence-electron chi connectivity index (χ4n) is 1.27. The topological polar surface area (TPSA) is 35.5 Å². The second kappa shape index (κ2) is 9.35. The van der Waals surface area contributed by atoms with E-state index < -0.39 is 0 Å². The first kappa shape index (κ1) is 15.5. The number of rotatable bonds is 6. The van der Waals surface area contributed by atoms with Gasteiger partial charge in [0.05, 0.1) is 12.4 Å². The molecule has 0 saturated heterocycles. The van der Waals surface area contributed by atoms with Crippen molar-refractivity contribution in [2.75, 3.05) is 19.0 Å². The van der Waals surface area contributed by atoms with E-state index in [1.165, 1.54) is 11.8 Å². The van der Waals surface area contributed by atoms with Crippen molar-refractivity contribution in [1.29, 1.82) is 0 Å². The molecule has 1 rings (SSSR count). The molecule has 0 bridgehead atoms. The van der Waals surface area contributed by atoms with E-state index in [-0.39, 0.29) is 5.97 Å². The van der Waals surface area contributed by atoms with E-state index in [1.54, 1.807) is 6.92 Å². The number of esters is 1. The van der Waals surface area contributed by atoms with Crippen LogP contribution in [0.1, 0.15) is 20.3 Å². The van der Waals surface area contributed by atoms with Crippen LogP contribution in [0.25, 0.3) is 0 Å². The Labute approximate surface area is 118 Å². The van der Waals surface area contributed by atoms with Crippen LogP contribution < -0.4 is 4.74 Å². The van der Waals surface area contributed by atoms with Crippen LogP contribution in [0.4, 0.5) is 0 Å². The van der Waals surface area contributed by atoms with Gasteiger partial charge in [-0.3, -0.25) is 4.79 Å². The highest BCUT2D eigenvalue weighted by atomic mass is 32.2. The Balaban J connectivity index is 2.36. The van der Waals surface area contributed by atoms with Gasteiger partial charge >= 0.3 is 5.97 Å². The van der Waals surface area contributed by atoms with Gasteiger partial charge in [0, 0.05) is 11.3 Å². The molecule has 102 valence electrons. The first-order valence-corrected chi connectivity index (χ1v) is 7.21.